The molecule has 3 aromatic rings. The summed E-state index contributed by atoms with van der Waals surface area (Å²) >= 11 is 3.62. The summed E-state index contributed by atoms with van der Waals surface area (Å²) < 4.78 is 3.28. The second-order valence-corrected chi connectivity index (χ2v) is 11.1. The van der Waals surface area contributed by atoms with Gasteiger partial charge in [0.2, 0.25) is 5.91 Å². The van der Waals surface area contributed by atoms with Crippen LogP contribution in [-0.2, 0) is 13.6 Å². The van der Waals surface area contributed by atoms with E-state index in [0.717, 1.165) is 42.6 Å². The van der Waals surface area contributed by atoms with Gasteiger partial charge in [-0.1, -0.05) is 53.7 Å². The number of hydrogen-bond acceptors (Lipinski definition) is 3. The minimum Gasteiger partial charge on any atom is -0.366 e. The summed E-state index contributed by atoms with van der Waals surface area (Å²) in [4.78, 5) is 18.2. The lowest BCUT2D eigenvalue weighted by Gasteiger charge is -2.32. The van der Waals surface area contributed by atoms with Crippen molar-refractivity contribution in [3.8, 4) is 0 Å². The molecule has 1 fully saturated rings. The highest BCUT2D eigenvalue weighted by molar-refractivity contribution is 9.10. The number of pyridine rings is 1. The maximum absolute atomic E-state index is 11.2. The Morgan fingerprint density at radius 1 is 1.09 bits per heavy atom. The van der Waals surface area contributed by atoms with Crippen molar-refractivity contribution >= 4 is 32.9 Å². The van der Waals surface area contributed by atoms with Crippen LogP contribution in [0.3, 0.4) is 0 Å². The SMILES string of the molecule is CC.CC(C)(C)C.Cn1c(CN2CCC(c3ccc(C(N)=O)cc3)CC2)cc2c(Br)ccnc21. The summed E-state index contributed by atoms with van der Waals surface area (Å²) in [5, 5.41) is 1.17. The molecule has 5 nitrogen and oxygen atoms in total. The highest BCUT2D eigenvalue weighted by atomic mass is 79.9. The van der Waals surface area contributed by atoms with Gasteiger partial charge >= 0.3 is 0 Å². The zero-order chi connectivity index (χ0) is 25.5. The first-order chi connectivity index (χ1) is 16.0. The fourth-order valence-electron chi connectivity index (χ4n) is 3.96. The van der Waals surface area contributed by atoms with E-state index < -0.39 is 0 Å². The number of fused-ring (bicyclic) bond motifs is 1. The largest absolute Gasteiger partial charge is 0.366 e. The van der Waals surface area contributed by atoms with Crippen molar-refractivity contribution in [2.75, 3.05) is 13.1 Å². The molecular weight excluding hydrogens is 488 g/mol. The highest BCUT2D eigenvalue weighted by Crippen LogP contribution is 2.30. The van der Waals surface area contributed by atoms with Crippen molar-refractivity contribution in [1.82, 2.24) is 14.5 Å². The summed E-state index contributed by atoms with van der Waals surface area (Å²) in [6, 6.07) is 12.0. The number of carbonyl (C=O) groups is 1. The molecule has 2 N–H and O–H groups in total. The number of rotatable bonds is 4. The third kappa shape index (κ3) is 7.95. The first-order valence-electron chi connectivity index (χ1n) is 12.2. The van der Waals surface area contributed by atoms with Gasteiger partial charge in [0.1, 0.15) is 5.65 Å². The van der Waals surface area contributed by atoms with E-state index in [-0.39, 0.29) is 5.91 Å². The van der Waals surface area contributed by atoms with Gasteiger partial charge in [0.25, 0.3) is 0 Å². The fraction of sp³-hybridized carbons (Fsp3) is 0.500. The number of aryl methyl sites for hydroxylation is 1. The van der Waals surface area contributed by atoms with E-state index in [1.165, 1.54) is 16.6 Å². The lowest BCUT2D eigenvalue weighted by Crippen LogP contribution is -2.33. The molecule has 0 aliphatic carbocycles. The molecular formula is C28H41BrN4O. The fourth-order valence-corrected chi connectivity index (χ4v) is 4.37. The van der Waals surface area contributed by atoms with E-state index in [0.29, 0.717) is 16.9 Å². The third-order valence-electron chi connectivity index (χ3n) is 5.62. The van der Waals surface area contributed by atoms with Gasteiger partial charge in [0.05, 0.1) is 0 Å². The lowest BCUT2D eigenvalue weighted by molar-refractivity contribution is 0.1000. The predicted octanol–water partition coefficient (Wildman–Crippen LogP) is 6.89. The molecule has 4 rings (SSSR count). The number of piperidine rings is 1. The first kappa shape index (κ1) is 28.1. The maximum Gasteiger partial charge on any atom is 0.248 e. The van der Waals surface area contributed by atoms with Crippen molar-refractivity contribution in [2.24, 2.45) is 18.2 Å². The quantitative estimate of drug-likeness (QED) is 0.400. The van der Waals surface area contributed by atoms with E-state index in [1.807, 2.05) is 50.4 Å². The molecule has 0 radical (unpaired) electrons. The first-order valence-corrected chi connectivity index (χ1v) is 13.0. The van der Waals surface area contributed by atoms with E-state index in [9.17, 15) is 4.79 Å². The van der Waals surface area contributed by atoms with Crippen LogP contribution >= 0.6 is 15.9 Å². The number of hydrogen-bond donors (Lipinski definition) is 1. The molecule has 186 valence electrons. The Labute approximate surface area is 213 Å². The van der Waals surface area contributed by atoms with Crippen LogP contribution in [0.5, 0.6) is 0 Å². The number of amides is 1. The second-order valence-electron chi connectivity index (χ2n) is 10.3. The second kappa shape index (κ2) is 12.5. The lowest BCUT2D eigenvalue weighted by atomic mass is 9.89. The summed E-state index contributed by atoms with van der Waals surface area (Å²) in [5.41, 5.74) is 10.0. The average Bonchev–Trinajstić information content (AvgIpc) is 3.11. The van der Waals surface area contributed by atoms with Gasteiger partial charge in [0.15, 0.2) is 0 Å². The number of benzene rings is 1. The molecule has 0 unspecified atom stereocenters. The van der Waals surface area contributed by atoms with Gasteiger partial charge < -0.3 is 10.3 Å². The minimum atomic E-state index is -0.368. The van der Waals surface area contributed by atoms with E-state index >= 15 is 0 Å². The molecule has 2 aromatic heterocycles. The van der Waals surface area contributed by atoms with Gasteiger partial charge in [-0.15, -0.1) is 0 Å². The molecule has 1 saturated heterocycles. The van der Waals surface area contributed by atoms with Crippen LogP contribution in [0.25, 0.3) is 11.0 Å². The average molecular weight is 530 g/mol. The monoisotopic (exact) mass is 528 g/mol. The molecule has 0 spiro atoms. The molecule has 6 heteroatoms. The zero-order valence-electron chi connectivity index (χ0n) is 21.9. The Hall–Kier alpha value is -2.18. The summed E-state index contributed by atoms with van der Waals surface area (Å²) in [5.74, 6) is 0.180. The van der Waals surface area contributed by atoms with Crippen molar-refractivity contribution in [3.63, 3.8) is 0 Å². The Balaban J connectivity index is 0.000000520. The number of carbonyl (C=O) groups excluding carboxylic acids is 1. The predicted molar refractivity (Wildman–Crippen MR) is 147 cm³/mol. The number of nitrogens with two attached hydrogens (primary N) is 1. The highest BCUT2D eigenvalue weighted by Gasteiger charge is 2.22. The summed E-state index contributed by atoms with van der Waals surface area (Å²) in [6.07, 6.45) is 4.09. The molecule has 0 saturated carbocycles. The molecule has 0 atom stereocenters. The Morgan fingerprint density at radius 2 is 1.65 bits per heavy atom. The van der Waals surface area contributed by atoms with Crippen LogP contribution in [0.1, 0.15) is 81.9 Å². The van der Waals surface area contributed by atoms with Crippen molar-refractivity contribution in [2.45, 2.75) is 66.8 Å². The molecule has 1 aromatic carbocycles. The van der Waals surface area contributed by atoms with Crippen molar-refractivity contribution < 1.29 is 4.79 Å². The van der Waals surface area contributed by atoms with Gasteiger partial charge in [-0.2, -0.15) is 0 Å². The van der Waals surface area contributed by atoms with Crippen molar-refractivity contribution in [3.05, 3.63) is 63.9 Å². The number of nitrogens with zero attached hydrogens (tertiary/aromatic N) is 3. The molecule has 0 bridgehead atoms. The standard InChI is InChI=1S/C21H23BrN4O.C5H12.C2H6/c1-25-17(12-18-19(22)6-9-24-21(18)25)13-26-10-7-15(8-11-26)14-2-4-16(5-3-14)20(23)27;1-5(2,3)4;1-2/h2-6,9,12,15H,7-8,10-11,13H2,1H3,(H2,23,27);1-4H3;1-2H3. The normalized spacial score (nSPS) is 14.7. The van der Waals surface area contributed by atoms with E-state index in [2.05, 4.69) is 71.2 Å². The van der Waals surface area contributed by atoms with Crippen LogP contribution in [0.4, 0.5) is 0 Å². The Morgan fingerprint density at radius 3 is 2.15 bits per heavy atom. The smallest absolute Gasteiger partial charge is 0.248 e. The number of likely N-dealkylation sites (tertiary alicyclic amines) is 1. The third-order valence-corrected chi connectivity index (χ3v) is 6.31. The van der Waals surface area contributed by atoms with Gasteiger partial charge in [0, 0.05) is 40.9 Å². The molecule has 34 heavy (non-hydrogen) atoms. The van der Waals surface area contributed by atoms with Crippen molar-refractivity contribution in [1.29, 1.82) is 0 Å². The Kier molecular flexibility index (Phi) is 10.3. The topological polar surface area (TPSA) is 64.2 Å². The molecule has 1 aliphatic heterocycles. The number of aromatic nitrogens is 2. The zero-order valence-corrected chi connectivity index (χ0v) is 23.4. The van der Waals surface area contributed by atoms with Gasteiger partial charge in [-0.3, -0.25) is 9.69 Å². The van der Waals surface area contributed by atoms with E-state index in [1.54, 1.807) is 0 Å². The molecule has 3 heterocycles. The van der Waals surface area contributed by atoms with Crippen LogP contribution in [0, 0.1) is 5.41 Å². The Bertz CT molecular complexity index is 1050. The van der Waals surface area contributed by atoms with E-state index in [4.69, 9.17) is 5.73 Å². The number of primary amides is 1. The molecule has 1 aliphatic rings. The summed E-state index contributed by atoms with van der Waals surface area (Å²) in [6.45, 7) is 15.8. The van der Waals surface area contributed by atoms with Crippen LogP contribution in [0.15, 0.2) is 47.1 Å². The molecule has 1 amide bonds. The van der Waals surface area contributed by atoms with Crippen LogP contribution < -0.4 is 5.73 Å². The summed E-state index contributed by atoms with van der Waals surface area (Å²) in [7, 11) is 2.09. The van der Waals surface area contributed by atoms with Crippen LogP contribution in [0.2, 0.25) is 0 Å². The van der Waals surface area contributed by atoms with Crippen LogP contribution in [-0.4, -0.2) is 33.4 Å². The van der Waals surface area contributed by atoms with Gasteiger partial charge in [-0.05, 0) is 83.0 Å². The minimum absolute atomic E-state index is 0.368. The van der Waals surface area contributed by atoms with Gasteiger partial charge in [-0.25, -0.2) is 4.98 Å². The maximum atomic E-state index is 11.2. The number of halogens is 1.